The van der Waals surface area contributed by atoms with Crippen molar-refractivity contribution in [2.24, 2.45) is 23.2 Å². The van der Waals surface area contributed by atoms with Crippen LogP contribution in [0.1, 0.15) is 85.5 Å². The van der Waals surface area contributed by atoms with Crippen LogP contribution >= 0.6 is 0 Å². The number of halogens is 2. The molecule has 0 aromatic rings. The molecule has 0 bridgehead atoms. The van der Waals surface area contributed by atoms with E-state index in [2.05, 4.69) is 26.5 Å². The summed E-state index contributed by atoms with van der Waals surface area (Å²) in [7, 11) is 0. The van der Waals surface area contributed by atoms with Gasteiger partial charge in [0.25, 0.3) is 5.92 Å². The van der Waals surface area contributed by atoms with E-state index in [1.165, 1.54) is 19.4 Å². The van der Waals surface area contributed by atoms with Crippen LogP contribution in [-0.2, 0) is 0 Å². The number of fused-ring (bicyclic) bond motifs is 1. The Balaban J connectivity index is 1.73. The number of aliphatic hydroxyl groups is 3. The lowest BCUT2D eigenvalue weighted by atomic mass is 9.60. The van der Waals surface area contributed by atoms with Crippen LogP contribution < -0.4 is 0 Å². The number of allylic oxidation sites excluding steroid dienone is 3. The van der Waals surface area contributed by atoms with Gasteiger partial charge in [-0.2, -0.15) is 0 Å². The van der Waals surface area contributed by atoms with Crippen LogP contribution in [0.2, 0.25) is 0 Å². The van der Waals surface area contributed by atoms with E-state index in [0.717, 1.165) is 37.7 Å². The van der Waals surface area contributed by atoms with Gasteiger partial charge < -0.3 is 15.3 Å². The normalized spacial score (nSPS) is 37.7. The zero-order valence-electron chi connectivity index (χ0n) is 20.2. The molecule has 0 aromatic carbocycles. The smallest absolute Gasteiger partial charge is 0.275 e. The van der Waals surface area contributed by atoms with Crippen molar-refractivity contribution in [3.63, 3.8) is 0 Å². The Morgan fingerprint density at radius 1 is 1.22 bits per heavy atom. The van der Waals surface area contributed by atoms with E-state index in [1.54, 1.807) is 0 Å². The fourth-order valence-corrected chi connectivity index (χ4v) is 6.60. The third kappa shape index (κ3) is 5.05. The average Bonchev–Trinajstić information content (AvgIpc) is 3.04. The van der Waals surface area contributed by atoms with Crippen LogP contribution in [-0.4, -0.2) is 39.1 Å². The molecule has 0 aromatic heterocycles. The molecule has 3 N–H and O–H groups in total. The largest absolute Gasteiger partial charge is 0.393 e. The second-order valence-electron chi connectivity index (χ2n) is 11.4. The number of aliphatic hydroxyl groups excluding tert-OH is 2. The second-order valence-corrected chi connectivity index (χ2v) is 11.4. The summed E-state index contributed by atoms with van der Waals surface area (Å²) in [5, 5.41) is 29.9. The van der Waals surface area contributed by atoms with Gasteiger partial charge in [0.1, 0.15) is 5.60 Å². The summed E-state index contributed by atoms with van der Waals surface area (Å²) in [6.45, 7) is 10.8. The highest BCUT2D eigenvalue weighted by Gasteiger charge is 2.51. The zero-order chi connectivity index (χ0) is 23.9. The predicted molar refractivity (Wildman–Crippen MR) is 124 cm³/mol. The summed E-state index contributed by atoms with van der Waals surface area (Å²) in [5.74, 6) is -2.06. The van der Waals surface area contributed by atoms with Gasteiger partial charge >= 0.3 is 0 Å². The Morgan fingerprint density at radius 2 is 1.91 bits per heavy atom. The molecule has 0 saturated heterocycles. The van der Waals surface area contributed by atoms with Gasteiger partial charge in [0, 0.05) is 12.8 Å². The van der Waals surface area contributed by atoms with Crippen molar-refractivity contribution in [3.05, 3.63) is 35.5 Å². The van der Waals surface area contributed by atoms with Gasteiger partial charge in [0.15, 0.2) is 0 Å². The lowest BCUT2D eigenvalue weighted by molar-refractivity contribution is -0.168. The molecule has 3 aliphatic rings. The van der Waals surface area contributed by atoms with Gasteiger partial charge in [0.2, 0.25) is 0 Å². The van der Waals surface area contributed by atoms with Gasteiger partial charge in [-0.15, -0.1) is 0 Å². The maximum absolute atomic E-state index is 14.3. The molecule has 32 heavy (non-hydrogen) atoms. The Hall–Kier alpha value is -1.04. The molecule has 5 heteroatoms. The van der Waals surface area contributed by atoms with E-state index >= 15 is 0 Å². The third-order valence-corrected chi connectivity index (χ3v) is 8.80. The van der Waals surface area contributed by atoms with E-state index in [4.69, 9.17) is 0 Å². The molecule has 1 unspecified atom stereocenters. The van der Waals surface area contributed by atoms with E-state index < -0.39 is 23.7 Å². The first-order valence-electron chi connectivity index (χ1n) is 12.3. The molecule has 0 heterocycles. The standard InChI is InChI=1S/C27H42F2O3/c1-17(12-14-27(28,29)25(3,4)32)22-10-11-23-19(7-6-13-26(22,23)5)8-9-20-15-21(30)16-24(31)18(20)2/h8-9,17,21-24,30-32H,2,6-7,10-16H2,1,3-5H3/b19-8+,20-9-/t17-,21-,22-,23+,24?,26-/m1/s1. The molecule has 0 spiro atoms. The molecule has 182 valence electrons. The fourth-order valence-electron chi connectivity index (χ4n) is 6.60. The minimum absolute atomic E-state index is 0.106. The van der Waals surface area contributed by atoms with Gasteiger partial charge in [-0.25, -0.2) is 8.78 Å². The molecule has 3 aliphatic carbocycles. The SMILES string of the molecule is C=C1/C(=C\C=C2/CCC[C@]3(C)[C@@H]([C@H](C)CCC(F)(F)C(C)(C)O)CC[C@@H]23)C[C@@H](O)CC1O. The first-order valence-corrected chi connectivity index (χ1v) is 12.3. The minimum atomic E-state index is -3.08. The predicted octanol–water partition coefficient (Wildman–Crippen LogP) is 5.95. The van der Waals surface area contributed by atoms with Crippen LogP contribution in [0.3, 0.4) is 0 Å². The first kappa shape index (κ1) is 25.6. The second kappa shape index (κ2) is 9.31. The van der Waals surface area contributed by atoms with Gasteiger partial charge in [-0.3, -0.25) is 0 Å². The van der Waals surface area contributed by atoms with Crippen molar-refractivity contribution in [2.45, 2.75) is 109 Å². The summed E-state index contributed by atoms with van der Waals surface area (Å²) in [6.07, 6.45) is 9.40. The number of alkyl halides is 2. The molecular formula is C27H42F2O3. The van der Waals surface area contributed by atoms with Crippen molar-refractivity contribution in [2.75, 3.05) is 0 Å². The van der Waals surface area contributed by atoms with Crippen LogP contribution in [0, 0.1) is 23.2 Å². The quantitative estimate of drug-likeness (QED) is 0.467. The summed E-state index contributed by atoms with van der Waals surface area (Å²) < 4.78 is 28.6. The minimum Gasteiger partial charge on any atom is -0.393 e. The molecule has 6 atom stereocenters. The zero-order valence-corrected chi connectivity index (χ0v) is 20.2. The fraction of sp³-hybridized carbons (Fsp3) is 0.778. The average molecular weight is 453 g/mol. The van der Waals surface area contributed by atoms with Crippen molar-refractivity contribution in [1.82, 2.24) is 0 Å². The van der Waals surface area contributed by atoms with Crippen molar-refractivity contribution in [1.29, 1.82) is 0 Å². The molecular weight excluding hydrogens is 410 g/mol. The third-order valence-electron chi connectivity index (χ3n) is 8.80. The Bertz CT molecular complexity index is 763. The van der Waals surface area contributed by atoms with E-state index in [0.29, 0.717) is 36.7 Å². The van der Waals surface area contributed by atoms with Gasteiger partial charge in [0.05, 0.1) is 12.2 Å². The van der Waals surface area contributed by atoms with Crippen molar-refractivity contribution in [3.8, 4) is 0 Å². The highest BCUT2D eigenvalue weighted by molar-refractivity contribution is 5.38. The molecule has 0 amide bonds. The monoisotopic (exact) mass is 452 g/mol. The topological polar surface area (TPSA) is 60.7 Å². The van der Waals surface area contributed by atoms with E-state index in [1.807, 2.05) is 6.08 Å². The van der Waals surface area contributed by atoms with Crippen molar-refractivity contribution >= 4 is 0 Å². The Labute approximate surface area is 192 Å². The molecule has 3 rings (SSSR count). The number of hydrogen-bond acceptors (Lipinski definition) is 3. The number of rotatable bonds is 6. The van der Waals surface area contributed by atoms with Crippen LogP contribution in [0.15, 0.2) is 35.5 Å². The Morgan fingerprint density at radius 3 is 2.56 bits per heavy atom. The Kier molecular flexibility index (Phi) is 7.44. The van der Waals surface area contributed by atoms with Crippen LogP contribution in [0.25, 0.3) is 0 Å². The summed E-state index contributed by atoms with van der Waals surface area (Å²) in [6, 6.07) is 0. The molecule has 3 nitrogen and oxygen atoms in total. The van der Waals surface area contributed by atoms with Crippen molar-refractivity contribution < 1.29 is 24.1 Å². The maximum Gasteiger partial charge on any atom is 0.275 e. The summed E-state index contributed by atoms with van der Waals surface area (Å²) in [5.41, 5.74) is 1.15. The van der Waals surface area contributed by atoms with Gasteiger partial charge in [-0.1, -0.05) is 38.2 Å². The summed E-state index contributed by atoms with van der Waals surface area (Å²) in [4.78, 5) is 0. The first-order chi connectivity index (χ1) is 14.8. The molecule has 3 saturated carbocycles. The van der Waals surface area contributed by atoms with Crippen LogP contribution in [0.5, 0.6) is 0 Å². The maximum atomic E-state index is 14.3. The van der Waals surface area contributed by atoms with Gasteiger partial charge in [-0.05, 0) is 93.1 Å². The highest BCUT2D eigenvalue weighted by atomic mass is 19.3. The van der Waals surface area contributed by atoms with Crippen LogP contribution in [0.4, 0.5) is 8.78 Å². The lowest BCUT2D eigenvalue weighted by Gasteiger charge is -2.44. The number of hydrogen-bond donors (Lipinski definition) is 3. The molecule has 3 fully saturated rings. The van der Waals surface area contributed by atoms with E-state index in [9.17, 15) is 24.1 Å². The molecule has 0 radical (unpaired) electrons. The lowest BCUT2D eigenvalue weighted by Crippen LogP contribution is -2.43. The molecule has 0 aliphatic heterocycles. The summed E-state index contributed by atoms with van der Waals surface area (Å²) >= 11 is 0. The highest BCUT2D eigenvalue weighted by Crippen LogP contribution is 2.60. The van der Waals surface area contributed by atoms with E-state index in [-0.39, 0.29) is 17.8 Å².